The monoisotopic (exact) mass is 381 g/mol. The fourth-order valence-corrected chi connectivity index (χ4v) is 3.13. The van der Waals surface area contributed by atoms with E-state index >= 15 is 0 Å². The minimum atomic E-state index is -0.117. The molecule has 2 aromatic carbocycles. The normalized spacial score (nSPS) is 10.3. The molecule has 1 amide bonds. The second-order valence-electron chi connectivity index (χ2n) is 4.43. The Bertz CT molecular complexity index is 618. The first-order valence-electron chi connectivity index (χ1n) is 5.80. The molecule has 0 saturated carbocycles. The van der Waals surface area contributed by atoms with Gasteiger partial charge in [-0.25, -0.2) is 0 Å². The molecule has 0 heterocycles. The molecule has 1 N–H and O–H groups in total. The number of anilines is 1. The van der Waals surface area contributed by atoms with E-state index in [-0.39, 0.29) is 5.91 Å². The molecule has 0 aliphatic carbocycles. The smallest absolute Gasteiger partial charge is 0.255 e. The molecule has 0 saturated heterocycles. The number of hydrogen-bond acceptors (Lipinski definition) is 1. The largest absolute Gasteiger partial charge is 0.322 e. The average Bonchev–Trinajstić information content (AvgIpc) is 2.31. The number of carbonyl (C=O) groups excluding carboxylic acids is 1. The van der Waals surface area contributed by atoms with Gasteiger partial charge in [0.1, 0.15) is 0 Å². The molecule has 2 nitrogen and oxygen atoms in total. The van der Waals surface area contributed by atoms with Gasteiger partial charge in [-0.3, -0.25) is 4.79 Å². The maximum atomic E-state index is 12.2. The molecule has 0 aliphatic rings. The van der Waals surface area contributed by atoms with Crippen LogP contribution in [0.3, 0.4) is 0 Å². The van der Waals surface area contributed by atoms with Crippen LogP contribution in [0.4, 0.5) is 5.69 Å². The van der Waals surface area contributed by atoms with Gasteiger partial charge < -0.3 is 5.32 Å². The average molecular weight is 383 g/mol. The van der Waals surface area contributed by atoms with Gasteiger partial charge in [-0.2, -0.15) is 0 Å². The molecule has 19 heavy (non-hydrogen) atoms. The van der Waals surface area contributed by atoms with Crippen molar-refractivity contribution in [1.82, 2.24) is 0 Å². The summed E-state index contributed by atoms with van der Waals surface area (Å²) in [5, 5.41) is 2.93. The van der Waals surface area contributed by atoms with Crippen molar-refractivity contribution in [3.05, 3.63) is 62.0 Å². The lowest BCUT2D eigenvalue weighted by molar-refractivity contribution is 0.102. The zero-order valence-electron chi connectivity index (χ0n) is 10.6. The maximum Gasteiger partial charge on any atom is 0.255 e. The highest BCUT2D eigenvalue weighted by atomic mass is 79.9. The fraction of sp³-hybridized carbons (Fsp3) is 0.133. The molecular weight excluding hydrogens is 370 g/mol. The Balaban J connectivity index is 2.25. The summed E-state index contributed by atoms with van der Waals surface area (Å²) >= 11 is 6.76. The highest BCUT2D eigenvalue weighted by Crippen LogP contribution is 2.22. The predicted octanol–water partition coefficient (Wildman–Crippen LogP) is 5.08. The Morgan fingerprint density at radius 1 is 1.00 bits per heavy atom. The van der Waals surface area contributed by atoms with Gasteiger partial charge in [0.25, 0.3) is 5.91 Å². The quantitative estimate of drug-likeness (QED) is 0.770. The lowest BCUT2D eigenvalue weighted by Crippen LogP contribution is -2.12. The van der Waals surface area contributed by atoms with Crippen LogP contribution in [0.15, 0.2) is 45.3 Å². The van der Waals surface area contributed by atoms with E-state index in [0.717, 1.165) is 20.2 Å². The number of carbonyl (C=O) groups is 1. The Morgan fingerprint density at radius 3 is 2.21 bits per heavy atom. The molecule has 0 unspecified atom stereocenters. The summed E-state index contributed by atoms with van der Waals surface area (Å²) < 4.78 is 1.74. The SMILES string of the molecule is Cc1ccc(NC(=O)c2cc(Br)cc(Br)c2)c(C)c1. The molecule has 0 aromatic heterocycles. The zero-order valence-corrected chi connectivity index (χ0v) is 13.8. The predicted molar refractivity (Wildman–Crippen MR) is 85.7 cm³/mol. The summed E-state index contributed by atoms with van der Waals surface area (Å²) in [6, 6.07) is 11.4. The van der Waals surface area contributed by atoms with E-state index in [9.17, 15) is 4.79 Å². The number of benzene rings is 2. The first-order valence-corrected chi connectivity index (χ1v) is 7.39. The van der Waals surface area contributed by atoms with Crippen LogP contribution in [0.2, 0.25) is 0 Å². The van der Waals surface area contributed by atoms with Crippen LogP contribution in [0, 0.1) is 13.8 Å². The molecule has 2 aromatic rings. The van der Waals surface area contributed by atoms with Crippen molar-refractivity contribution in [2.45, 2.75) is 13.8 Å². The summed E-state index contributed by atoms with van der Waals surface area (Å²) in [5.74, 6) is -0.117. The third-order valence-corrected chi connectivity index (χ3v) is 3.67. The second-order valence-corrected chi connectivity index (χ2v) is 6.26. The van der Waals surface area contributed by atoms with Crippen LogP contribution in [0.5, 0.6) is 0 Å². The van der Waals surface area contributed by atoms with Crippen molar-refractivity contribution in [1.29, 1.82) is 0 Å². The van der Waals surface area contributed by atoms with Crippen LogP contribution >= 0.6 is 31.9 Å². The van der Waals surface area contributed by atoms with E-state index in [1.165, 1.54) is 5.56 Å². The van der Waals surface area contributed by atoms with Gasteiger partial charge >= 0.3 is 0 Å². The summed E-state index contributed by atoms with van der Waals surface area (Å²) in [7, 11) is 0. The van der Waals surface area contributed by atoms with E-state index in [1.54, 1.807) is 12.1 Å². The minimum Gasteiger partial charge on any atom is -0.322 e. The topological polar surface area (TPSA) is 29.1 Å². The van der Waals surface area contributed by atoms with Crippen molar-refractivity contribution in [3.63, 3.8) is 0 Å². The van der Waals surface area contributed by atoms with Gasteiger partial charge in [-0.15, -0.1) is 0 Å². The molecule has 2 rings (SSSR count). The lowest BCUT2D eigenvalue weighted by Gasteiger charge is -2.09. The zero-order chi connectivity index (χ0) is 14.0. The number of amides is 1. The molecule has 4 heteroatoms. The van der Waals surface area contributed by atoms with Crippen molar-refractivity contribution >= 4 is 43.5 Å². The van der Waals surface area contributed by atoms with Gasteiger partial charge in [0.2, 0.25) is 0 Å². The number of rotatable bonds is 2. The van der Waals surface area contributed by atoms with Gasteiger partial charge in [0.05, 0.1) is 0 Å². The molecular formula is C15H13Br2NO. The third kappa shape index (κ3) is 3.67. The Kier molecular flexibility index (Phi) is 4.42. The Hall–Kier alpha value is -1.13. The van der Waals surface area contributed by atoms with E-state index in [4.69, 9.17) is 0 Å². The maximum absolute atomic E-state index is 12.2. The van der Waals surface area contributed by atoms with Gasteiger partial charge in [-0.1, -0.05) is 49.6 Å². The molecule has 0 bridgehead atoms. The summed E-state index contributed by atoms with van der Waals surface area (Å²) in [6.07, 6.45) is 0. The van der Waals surface area contributed by atoms with E-state index in [2.05, 4.69) is 37.2 Å². The molecule has 0 aliphatic heterocycles. The second kappa shape index (κ2) is 5.88. The van der Waals surface area contributed by atoms with Crippen molar-refractivity contribution < 1.29 is 4.79 Å². The van der Waals surface area contributed by atoms with E-state index < -0.39 is 0 Å². The highest BCUT2D eigenvalue weighted by Gasteiger charge is 2.09. The van der Waals surface area contributed by atoms with Gasteiger partial charge in [-0.05, 0) is 43.7 Å². The summed E-state index contributed by atoms with van der Waals surface area (Å²) in [4.78, 5) is 12.2. The van der Waals surface area contributed by atoms with E-state index in [1.807, 2.05) is 38.1 Å². The number of nitrogens with one attached hydrogen (secondary N) is 1. The van der Waals surface area contributed by atoms with Crippen molar-refractivity contribution in [2.24, 2.45) is 0 Å². The fourth-order valence-electron chi connectivity index (χ4n) is 1.83. The van der Waals surface area contributed by atoms with E-state index in [0.29, 0.717) is 5.56 Å². The third-order valence-electron chi connectivity index (χ3n) is 2.75. The first-order chi connectivity index (χ1) is 8.95. The molecule has 0 atom stereocenters. The number of halogens is 2. The Labute approximate surface area is 129 Å². The van der Waals surface area contributed by atoms with Gasteiger partial charge in [0, 0.05) is 20.2 Å². The van der Waals surface area contributed by atoms with Crippen LogP contribution in [-0.2, 0) is 0 Å². The molecule has 0 fully saturated rings. The minimum absolute atomic E-state index is 0.117. The van der Waals surface area contributed by atoms with Crippen molar-refractivity contribution in [2.75, 3.05) is 5.32 Å². The molecule has 0 radical (unpaired) electrons. The van der Waals surface area contributed by atoms with Gasteiger partial charge in [0.15, 0.2) is 0 Å². The van der Waals surface area contributed by atoms with Crippen LogP contribution in [0.1, 0.15) is 21.5 Å². The number of hydrogen-bond donors (Lipinski definition) is 1. The van der Waals surface area contributed by atoms with Crippen LogP contribution in [0.25, 0.3) is 0 Å². The van der Waals surface area contributed by atoms with Crippen LogP contribution in [-0.4, -0.2) is 5.91 Å². The highest BCUT2D eigenvalue weighted by molar-refractivity contribution is 9.11. The molecule has 0 spiro atoms. The summed E-state index contributed by atoms with van der Waals surface area (Å²) in [5.41, 5.74) is 3.69. The summed E-state index contributed by atoms with van der Waals surface area (Å²) in [6.45, 7) is 4.02. The number of aryl methyl sites for hydroxylation is 2. The van der Waals surface area contributed by atoms with Crippen molar-refractivity contribution in [3.8, 4) is 0 Å². The first kappa shape index (κ1) is 14.3. The molecule has 98 valence electrons. The Morgan fingerprint density at radius 2 is 1.63 bits per heavy atom. The standard InChI is InChI=1S/C15H13Br2NO/c1-9-3-4-14(10(2)5-9)18-15(19)11-6-12(16)8-13(17)7-11/h3-8H,1-2H3,(H,18,19). The van der Waals surface area contributed by atoms with Crippen LogP contribution < -0.4 is 5.32 Å². The lowest BCUT2D eigenvalue weighted by atomic mass is 10.1.